The number of pyridine rings is 1. The van der Waals surface area contributed by atoms with E-state index in [-0.39, 0.29) is 17.8 Å². The lowest BCUT2D eigenvalue weighted by atomic mass is 9.86. The van der Waals surface area contributed by atoms with Crippen LogP contribution in [0.2, 0.25) is 0 Å². The lowest BCUT2D eigenvalue weighted by Gasteiger charge is -2.31. The molecule has 0 bridgehead atoms. The monoisotopic (exact) mass is 632 g/mol. The highest BCUT2D eigenvalue weighted by Crippen LogP contribution is 2.31. The zero-order valence-electron chi connectivity index (χ0n) is 26.3. The number of amides is 1. The number of carbonyl (C=O) groups excluding carboxylic acids is 1. The number of hydrogen-bond donors (Lipinski definition) is 1. The Balaban J connectivity index is 1.62. The molecule has 0 aliphatic heterocycles. The minimum Gasteiger partial charge on any atom is -0.491 e. The van der Waals surface area contributed by atoms with Gasteiger partial charge >= 0.3 is 6.18 Å². The Hall–Kier alpha value is -3.67. The first-order valence-corrected chi connectivity index (χ1v) is 15.0. The molecule has 246 valence electrons. The Labute approximate surface area is 263 Å². The molecular formula is C34H43F3N2O6. The van der Waals surface area contributed by atoms with Crippen LogP contribution in [-0.4, -0.2) is 68.8 Å². The van der Waals surface area contributed by atoms with Crippen LogP contribution in [-0.2, 0) is 31.6 Å². The average molecular weight is 633 g/mol. The largest absolute Gasteiger partial charge is 0.491 e. The summed E-state index contributed by atoms with van der Waals surface area (Å²) in [4.78, 5) is 17.1. The Morgan fingerprint density at radius 3 is 2.16 bits per heavy atom. The molecule has 11 heteroatoms. The number of nitrogens with zero attached hydrogens (tertiary/aromatic N) is 1. The molecule has 0 fully saturated rings. The molecule has 3 rings (SSSR count). The second-order valence-electron chi connectivity index (χ2n) is 10.9. The van der Waals surface area contributed by atoms with Crippen molar-refractivity contribution < 1.29 is 41.7 Å². The van der Waals surface area contributed by atoms with E-state index in [9.17, 15) is 18.0 Å². The second-order valence-corrected chi connectivity index (χ2v) is 10.9. The van der Waals surface area contributed by atoms with Crippen LogP contribution in [0.4, 0.5) is 13.2 Å². The van der Waals surface area contributed by atoms with Gasteiger partial charge in [0.25, 0.3) is 5.91 Å². The number of alkyl halides is 3. The van der Waals surface area contributed by atoms with E-state index < -0.39 is 23.2 Å². The minimum absolute atomic E-state index is 0.0837. The summed E-state index contributed by atoms with van der Waals surface area (Å²) in [7, 11) is 0. The fourth-order valence-corrected chi connectivity index (χ4v) is 4.49. The summed E-state index contributed by atoms with van der Waals surface area (Å²) in [5.74, 6) is 0.0309. The summed E-state index contributed by atoms with van der Waals surface area (Å²) in [5, 5.41) is 3.05. The number of halogens is 3. The topological polar surface area (TPSA) is 88.1 Å². The predicted octanol–water partition coefficient (Wildman–Crippen LogP) is 6.24. The fourth-order valence-electron chi connectivity index (χ4n) is 4.49. The van der Waals surface area contributed by atoms with Gasteiger partial charge in [-0.3, -0.25) is 4.79 Å². The van der Waals surface area contributed by atoms with Crippen molar-refractivity contribution in [1.29, 1.82) is 0 Å². The third-order valence-corrected chi connectivity index (χ3v) is 6.96. The van der Waals surface area contributed by atoms with Crippen LogP contribution in [0.15, 0.2) is 72.9 Å². The molecule has 3 aromatic rings. The highest BCUT2D eigenvalue weighted by Gasteiger charge is 2.34. The first-order valence-electron chi connectivity index (χ1n) is 15.0. The van der Waals surface area contributed by atoms with Crippen LogP contribution in [0.25, 0.3) is 0 Å². The Bertz CT molecular complexity index is 1290. The summed E-state index contributed by atoms with van der Waals surface area (Å²) in [6.45, 7) is 10.4. The van der Waals surface area contributed by atoms with Gasteiger partial charge < -0.3 is 29.0 Å². The molecule has 0 radical (unpaired) electrons. The van der Waals surface area contributed by atoms with Crippen molar-refractivity contribution in [1.82, 2.24) is 10.3 Å². The molecule has 1 heterocycles. The van der Waals surface area contributed by atoms with Gasteiger partial charge in [0.2, 0.25) is 5.88 Å². The molecule has 45 heavy (non-hydrogen) atoms. The highest BCUT2D eigenvalue weighted by molar-refractivity contribution is 5.85. The smallest absolute Gasteiger partial charge is 0.417 e. The molecule has 2 aromatic carbocycles. The van der Waals surface area contributed by atoms with Crippen molar-refractivity contribution in [3.05, 3.63) is 89.6 Å². The third-order valence-electron chi connectivity index (χ3n) is 6.96. The fraction of sp³-hybridized carbons (Fsp3) is 0.471. The van der Waals surface area contributed by atoms with Crippen molar-refractivity contribution in [2.75, 3.05) is 46.2 Å². The van der Waals surface area contributed by atoms with Gasteiger partial charge in [0.05, 0.1) is 38.6 Å². The summed E-state index contributed by atoms with van der Waals surface area (Å²) < 4.78 is 66.7. The van der Waals surface area contributed by atoms with E-state index in [1.165, 1.54) is 0 Å². The summed E-state index contributed by atoms with van der Waals surface area (Å²) in [6, 6.07) is 19.3. The van der Waals surface area contributed by atoms with E-state index in [2.05, 4.69) is 10.3 Å². The molecule has 0 saturated carbocycles. The van der Waals surface area contributed by atoms with E-state index in [4.69, 9.17) is 23.7 Å². The van der Waals surface area contributed by atoms with Crippen molar-refractivity contribution in [3.8, 4) is 11.6 Å². The molecule has 1 aromatic heterocycles. The molecule has 0 aliphatic carbocycles. The zero-order valence-corrected chi connectivity index (χ0v) is 26.3. The second kappa shape index (κ2) is 17.7. The molecule has 8 nitrogen and oxygen atoms in total. The normalized spacial score (nSPS) is 13.2. The van der Waals surface area contributed by atoms with Gasteiger partial charge in [0.15, 0.2) is 5.60 Å². The van der Waals surface area contributed by atoms with Gasteiger partial charge in [-0.1, -0.05) is 42.5 Å². The lowest BCUT2D eigenvalue weighted by Crippen LogP contribution is -2.51. The van der Waals surface area contributed by atoms with Gasteiger partial charge in [-0.2, -0.15) is 13.2 Å². The van der Waals surface area contributed by atoms with Gasteiger partial charge in [-0.05, 0) is 63.4 Å². The first kappa shape index (κ1) is 35.8. The number of benzene rings is 2. The lowest BCUT2D eigenvalue weighted by molar-refractivity contribution is -0.138. The minimum atomic E-state index is -4.52. The van der Waals surface area contributed by atoms with E-state index in [0.717, 1.165) is 23.3 Å². The Morgan fingerprint density at radius 1 is 0.867 bits per heavy atom. The average Bonchev–Trinajstić information content (AvgIpc) is 3.01. The number of hydrogen-bond acceptors (Lipinski definition) is 7. The van der Waals surface area contributed by atoms with E-state index in [1.807, 2.05) is 68.4 Å². The number of carbonyl (C=O) groups is 1. The van der Waals surface area contributed by atoms with Gasteiger partial charge in [-0.25, -0.2) is 4.98 Å². The van der Waals surface area contributed by atoms with Crippen LogP contribution in [0.1, 0.15) is 50.3 Å². The predicted molar refractivity (Wildman–Crippen MR) is 165 cm³/mol. The molecular weight excluding hydrogens is 589 g/mol. The van der Waals surface area contributed by atoms with Crippen LogP contribution >= 0.6 is 0 Å². The third kappa shape index (κ3) is 12.3. The van der Waals surface area contributed by atoms with Crippen molar-refractivity contribution in [2.45, 2.75) is 57.9 Å². The van der Waals surface area contributed by atoms with Crippen LogP contribution in [0.5, 0.6) is 11.6 Å². The molecule has 2 atom stereocenters. The number of nitrogens with one attached hydrogen (secondary N) is 1. The molecule has 1 N–H and O–H groups in total. The molecule has 0 spiro atoms. The van der Waals surface area contributed by atoms with Crippen molar-refractivity contribution >= 4 is 5.91 Å². The highest BCUT2D eigenvalue weighted by atomic mass is 19.4. The number of ether oxygens (including phenoxy) is 5. The van der Waals surface area contributed by atoms with E-state index >= 15 is 0 Å². The van der Waals surface area contributed by atoms with Crippen LogP contribution in [0, 0.1) is 0 Å². The first-order chi connectivity index (χ1) is 21.5. The van der Waals surface area contributed by atoms with Crippen molar-refractivity contribution in [2.24, 2.45) is 0 Å². The molecule has 1 amide bonds. The molecule has 0 aliphatic rings. The Kier molecular flexibility index (Phi) is 14.1. The van der Waals surface area contributed by atoms with Crippen LogP contribution in [0.3, 0.4) is 0 Å². The number of aromatic nitrogens is 1. The molecule has 2 unspecified atom stereocenters. The maximum absolute atomic E-state index is 13.4. The number of rotatable bonds is 19. The zero-order chi connectivity index (χ0) is 32.7. The maximum Gasteiger partial charge on any atom is 0.417 e. The van der Waals surface area contributed by atoms with Crippen LogP contribution < -0.4 is 14.8 Å². The summed E-state index contributed by atoms with van der Waals surface area (Å²) in [5.41, 5.74) is -0.239. The molecule has 0 saturated heterocycles. The Morgan fingerprint density at radius 2 is 1.53 bits per heavy atom. The van der Waals surface area contributed by atoms with Gasteiger partial charge in [-0.15, -0.1) is 0 Å². The van der Waals surface area contributed by atoms with E-state index in [1.54, 1.807) is 13.8 Å². The SMILES string of the molecule is CCOCCOCCOCCOc1cccc(C(Cc2ccccc2)C(C)NC(=O)C(C)(C)Oc2ccc(C(F)(F)F)cn2)c1. The summed E-state index contributed by atoms with van der Waals surface area (Å²) in [6.07, 6.45) is -3.19. The van der Waals surface area contributed by atoms with Crippen molar-refractivity contribution in [3.63, 3.8) is 0 Å². The van der Waals surface area contributed by atoms with Gasteiger partial charge in [0, 0.05) is 30.8 Å². The van der Waals surface area contributed by atoms with Gasteiger partial charge in [0.1, 0.15) is 12.4 Å². The maximum atomic E-state index is 13.4. The summed E-state index contributed by atoms with van der Waals surface area (Å²) >= 11 is 0. The quantitative estimate of drug-likeness (QED) is 0.157. The van der Waals surface area contributed by atoms with E-state index in [0.29, 0.717) is 64.6 Å². The standard InChI is InChI=1S/C34H43F3N2O6/c1-5-41-16-17-42-18-19-43-20-21-44-29-13-9-12-27(23-29)30(22-26-10-7-6-8-11-26)25(2)39-32(40)33(3,4)45-31-15-14-28(24-38-31)34(35,36)37/h6-15,23-25,30H,5,16-22H2,1-4H3,(H,39,40).